The molecule has 1 aliphatic rings. The van der Waals surface area contributed by atoms with Gasteiger partial charge in [-0.05, 0) is 26.0 Å². The molecule has 0 unspecified atom stereocenters. The van der Waals surface area contributed by atoms with Crippen LogP contribution in [0.25, 0.3) is 37.2 Å². The number of nitrogens with one attached hydrogen (secondary N) is 2. The van der Waals surface area contributed by atoms with Crippen LogP contribution in [0, 0.1) is 5.82 Å². The molecule has 37 heavy (non-hydrogen) atoms. The molecule has 13 heteroatoms. The lowest BCUT2D eigenvalue weighted by atomic mass is 10.2. The van der Waals surface area contributed by atoms with Crippen molar-refractivity contribution in [1.82, 2.24) is 29.5 Å². The molecule has 1 fully saturated rings. The van der Waals surface area contributed by atoms with Gasteiger partial charge in [-0.1, -0.05) is 0 Å². The first kappa shape index (κ1) is 23.5. The number of hydrogen-bond acceptors (Lipinski definition) is 9. The fourth-order valence-corrected chi connectivity index (χ4v) is 5.82. The van der Waals surface area contributed by atoms with E-state index in [1.165, 1.54) is 23.6 Å². The van der Waals surface area contributed by atoms with Gasteiger partial charge in [0.15, 0.2) is 11.6 Å². The largest absolute Gasteiger partial charge is 0.381 e. The quantitative estimate of drug-likeness (QED) is 0.327. The van der Waals surface area contributed by atoms with Gasteiger partial charge in [0.05, 0.1) is 41.0 Å². The van der Waals surface area contributed by atoms with Crippen molar-refractivity contribution in [2.45, 2.75) is 26.1 Å². The van der Waals surface area contributed by atoms with Crippen LogP contribution in [0.15, 0.2) is 35.5 Å². The molecular weight excluding hydrogens is 499 g/mol. The molecule has 1 aliphatic heterocycles. The Labute approximate surface area is 213 Å². The highest BCUT2D eigenvalue weighted by Gasteiger charge is 2.24. The van der Waals surface area contributed by atoms with Gasteiger partial charge >= 0.3 is 0 Å². The number of thiazole rings is 1. The van der Waals surface area contributed by atoms with Gasteiger partial charge in [-0.2, -0.15) is 5.10 Å². The normalized spacial score (nSPS) is 18.7. The van der Waals surface area contributed by atoms with E-state index in [9.17, 15) is 14.0 Å². The predicted molar refractivity (Wildman–Crippen MR) is 139 cm³/mol. The number of fused-ring (bicyclic) bond motifs is 5. The van der Waals surface area contributed by atoms with Crippen molar-refractivity contribution in [3.05, 3.63) is 46.9 Å². The number of aromatic nitrogens is 5. The van der Waals surface area contributed by atoms with E-state index >= 15 is 0 Å². The first-order chi connectivity index (χ1) is 17.7. The number of nitrogens with zero attached hydrogens (tertiary/aromatic N) is 5. The Bertz CT molecular complexity index is 1740. The zero-order chi connectivity index (χ0) is 25.8. The van der Waals surface area contributed by atoms with Crippen molar-refractivity contribution >= 4 is 55.5 Å². The van der Waals surface area contributed by atoms with Crippen LogP contribution in [0.4, 0.5) is 15.9 Å². The number of anilines is 2. The molecule has 2 atom stereocenters. The van der Waals surface area contributed by atoms with Crippen molar-refractivity contribution in [3.8, 4) is 10.4 Å². The Kier molecular flexibility index (Phi) is 5.62. The molecule has 6 heterocycles. The molecule has 0 radical (unpaired) electrons. The smallest absolute Gasteiger partial charge is 0.261 e. The zero-order valence-electron chi connectivity index (χ0n) is 20.0. The summed E-state index contributed by atoms with van der Waals surface area (Å²) in [5.41, 5.74) is 7.54. The van der Waals surface area contributed by atoms with Gasteiger partial charge in [0.25, 0.3) is 5.56 Å². The maximum Gasteiger partial charge on any atom is 0.261 e. The second kappa shape index (κ2) is 8.87. The van der Waals surface area contributed by atoms with Gasteiger partial charge in [-0.25, -0.2) is 13.9 Å². The van der Waals surface area contributed by atoms with Crippen molar-refractivity contribution in [1.29, 1.82) is 0 Å². The van der Waals surface area contributed by atoms with Crippen LogP contribution >= 0.6 is 11.3 Å². The molecule has 0 bridgehead atoms. The third-order valence-electron chi connectivity index (χ3n) is 6.20. The number of morpholine rings is 1. The van der Waals surface area contributed by atoms with Crippen LogP contribution in [-0.4, -0.2) is 67.2 Å². The number of nitrogens with two attached hydrogens (primary N) is 1. The van der Waals surface area contributed by atoms with E-state index < -0.39 is 5.82 Å². The average Bonchev–Trinajstić information content (AvgIpc) is 3.38. The van der Waals surface area contributed by atoms with Crippen LogP contribution < -0.4 is 16.6 Å². The maximum atomic E-state index is 13.9. The first-order valence-electron chi connectivity index (χ1n) is 11.7. The summed E-state index contributed by atoms with van der Waals surface area (Å²) in [4.78, 5) is 40.2. The van der Waals surface area contributed by atoms with Crippen molar-refractivity contribution in [3.63, 3.8) is 0 Å². The molecule has 0 spiro atoms. The fraction of sp³-hybridized carbons (Fsp3) is 0.292. The first-order valence-corrected chi connectivity index (χ1v) is 12.5. The lowest BCUT2D eigenvalue weighted by Gasteiger charge is -2.34. The minimum Gasteiger partial charge on any atom is -0.381 e. The Balaban J connectivity index is 1.30. The summed E-state index contributed by atoms with van der Waals surface area (Å²) in [6, 6.07) is 2.97. The number of hydrogen-bond donors (Lipinski definition) is 3. The minimum atomic E-state index is -0.613. The van der Waals surface area contributed by atoms with Crippen LogP contribution in [0.2, 0.25) is 0 Å². The summed E-state index contributed by atoms with van der Waals surface area (Å²) in [6.07, 6.45) is 4.86. The molecule has 11 nitrogen and oxygen atoms in total. The molecule has 5 aromatic heterocycles. The highest BCUT2D eigenvalue weighted by atomic mass is 32.1. The highest BCUT2D eigenvalue weighted by Crippen LogP contribution is 2.33. The molecule has 6 rings (SSSR count). The SMILES string of the molecule is C[C@H]1CN(CC(=O)Nc2cnc3c(c2)[nH]c(=O)c2c3nn3cc(-c4cnc(N)c(F)c4)sc23)C[C@H](C)O1. The molecule has 4 N–H and O–H groups in total. The third kappa shape index (κ3) is 4.30. The van der Waals surface area contributed by atoms with E-state index in [-0.39, 0.29) is 36.0 Å². The number of amides is 1. The van der Waals surface area contributed by atoms with Crippen LogP contribution in [0.3, 0.4) is 0 Å². The number of carbonyl (C=O) groups is 1. The molecular formula is C24H23FN8O3S. The molecule has 190 valence electrons. The van der Waals surface area contributed by atoms with Crippen molar-refractivity contribution in [2.24, 2.45) is 0 Å². The van der Waals surface area contributed by atoms with Gasteiger partial charge in [0.1, 0.15) is 21.3 Å². The lowest BCUT2D eigenvalue weighted by Crippen LogP contribution is -2.48. The topological polar surface area (TPSA) is 144 Å². The molecule has 0 aromatic carbocycles. The number of aromatic amines is 1. The Morgan fingerprint density at radius 2 is 2.03 bits per heavy atom. The third-order valence-corrected chi connectivity index (χ3v) is 7.35. The van der Waals surface area contributed by atoms with E-state index in [0.29, 0.717) is 56.0 Å². The molecule has 0 saturated carbocycles. The Morgan fingerprint density at radius 3 is 2.78 bits per heavy atom. The number of pyridine rings is 3. The van der Waals surface area contributed by atoms with Gasteiger partial charge < -0.3 is 20.8 Å². The van der Waals surface area contributed by atoms with Gasteiger partial charge in [-0.3, -0.25) is 19.5 Å². The summed E-state index contributed by atoms with van der Waals surface area (Å²) < 4.78 is 21.2. The van der Waals surface area contributed by atoms with E-state index in [0.717, 1.165) is 0 Å². The Hall–Kier alpha value is -3.94. The summed E-state index contributed by atoms with van der Waals surface area (Å²) in [6.45, 7) is 5.57. The zero-order valence-corrected chi connectivity index (χ0v) is 20.8. The molecule has 1 amide bonds. The van der Waals surface area contributed by atoms with E-state index in [1.807, 2.05) is 13.8 Å². The number of halogens is 1. The summed E-state index contributed by atoms with van der Waals surface area (Å²) in [7, 11) is 0. The summed E-state index contributed by atoms with van der Waals surface area (Å²) in [5, 5.41) is 7.81. The van der Waals surface area contributed by atoms with Gasteiger partial charge in [0.2, 0.25) is 5.91 Å². The van der Waals surface area contributed by atoms with Crippen LogP contribution in [0.5, 0.6) is 0 Å². The number of carbonyl (C=O) groups excluding carboxylic acids is 1. The lowest BCUT2D eigenvalue weighted by molar-refractivity contribution is -0.121. The van der Waals surface area contributed by atoms with Gasteiger partial charge in [0, 0.05) is 31.0 Å². The summed E-state index contributed by atoms with van der Waals surface area (Å²) >= 11 is 1.29. The second-order valence-corrected chi connectivity index (χ2v) is 10.3. The summed E-state index contributed by atoms with van der Waals surface area (Å²) in [5.74, 6) is -0.960. The van der Waals surface area contributed by atoms with Gasteiger partial charge in [-0.15, -0.1) is 11.3 Å². The molecule has 1 saturated heterocycles. The van der Waals surface area contributed by atoms with E-state index in [1.54, 1.807) is 23.0 Å². The number of rotatable bonds is 4. The minimum absolute atomic E-state index is 0.0660. The predicted octanol–water partition coefficient (Wildman–Crippen LogP) is 2.62. The fourth-order valence-electron chi connectivity index (χ4n) is 4.75. The second-order valence-electron chi connectivity index (χ2n) is 9.23. The molecule has 0 aliphatic carbocycles. The van der Waals surface area contributed by atoms with Crippen LogP contribution in [-0.2, 0) is 9.53 Å². The number of H-pyrrole nitrogens is 1. The van der Waals surface area contributed by atoms with E-state index in [2.05, 4.69) is 30.3 Å². The number of nitrogen functional groups attached to an aromatic ring is 1. The van der Waals surface area contributed by atoms with Crippen molar-refractivity contribution < 1.29 is 13.9 Å². The standard InChI is InChI=1S/C24H23FN8O3S/c1-11-7-32(8-12(2)36-11)10-18(34)29-14-4-16-20(27-6-14)21-19(23(35)30-16)24-33(31-21)9-17(37-24)13-3-15(25)22(26)28-5-13/h3-6,9,11-12H,7-8,10H2,1-2H3,(H2,26,28)(H,29,34)(H,30,35)/t11-,12-/m0/s1. The van der Waals surface area contributed by atoms with E-state index in [4.69, 9.17) is 10.5 Å². The Morgan fingerprint density at radius 1 is 1.24 bits per heavy atom. The highest BCUT2D eigenvalue weighted by molar-refractivity contribution is 7.21. The molecule has 5 aromatic rings. The monoisotopic (exact) mass is 522 g/mol. The number of ether oxygens (including phenoxy) is 1. The average molecular weight is 523 g/mol. The van der Waals surface area contributed by atoms with Crippen LogP contribution in [0.1, 0.15) is 13.8 Å². The maximum absolute atomic E-state index is 13.9. The van der Waals surface area contributed by atoms with Crippen molar-refractivity contribution in [2.75, 3.05) is 30.7 Å².